The molecule has 1 aromatic heterocycles. The first-order valence-corrected chi connectivity index (χ1v) is 22.1. The number of anilines is 3. The van der Waals surface area contributed by atoms with E-state index in [9.17, 15) is 0 Å². The molecule has 0 N–H and O–H groups in total. The minimum atomic E-state index is 1.10. The molecule has 0 aliphatic rings. The zero-order chi connectivity index (χ0) is 43.0. The monoisotopic (exact) mass is 818 g/mol. The van der Waals surface area contributed by atoms with Gasteiger partial charge < -0.3 is 9.47 Å². The van der Waals surface area contributed by atoms with Crippen LogP contribution in [0.25, 0.3) is 83.1 Å². The molecule has 0 atom stereocenters. The highest BCUT2D eigenvalue weighted by molar-refractivity contribution is 6.09. The van der Waals surface area contributed by atoms with Crippen molar-refractivity contribution in [2.24, 2.45) is 0 Å². The Balaban J connectivity index is 0.872. The van der Waals surface area contributed by atoms with E-state index in [0.717, 1.165) is 22.7 Å². The van der Waals surface area contributed by atoms with Crippen molar-refractivity contribution in [2.45, 2.75) is 13.8 Å². The molecule has 0 saturated carbocycles. The lowest BCUT2D eigenvalue weighted by Crippen LogP contribution is -2.09. The largest absolute Gasteiger partial charge is 0.311 e. The van der Waals surface area contributed by atoms with Gasteiger partial charge in [-0.05, 0) is 130 Å². The molecule has 1 heterocycles. The van der Waals surface area contributed by atoms with E-state index in [1.807, 2.05) is 0 Å². The number of fused-ring (bicyclic) bond motifs is 3. The second-order valence-electron chi connectivity index (χ2n) is 16.8. The quantitative estimate of drug-likeness (QED) is 0.141. The summed E-state index contributed by atoms with van der Waals surface area (Å²) in [6, 6.07) is 88.2. The van der Waals surface area contributed by atoms with Crippen LogP contribution in [0.2, 0.25) is 0 Å². The van der Waals surface area contributed by atoms with Crippen LogP contribution in [0.1, 0.15) is 11.1 Å². The van der Waals surface area contributed by atoms with Crippen molar-refractivity contribution in [3.05, 3.63) is 254 Å². The van der Waals surface area contributed by atoms with Crippen LogP contribution in [0.15, 0.2) is 243 Å². The van der Waals surface area contributed by atoms with Crippen molar-refractivity contribution >= 4 is 38.9 Å². The number of rotatable bonds is 9. The van der Waals surface area contributed by atoms with Crippen LogP contribution in [-0.4, -0.2) is 4.57 Å². The lowest BCUT2D eigenvalue weighted by atomic mass is 9.96. The highest BCUT2D eigenvalue weighted by Gasteiger charge is 2.15. The molecule has 0 aliphatic heterocycles. The second-order valence-corrected chi connectivity index (χ2v) is 16.8. The normalized spacial score (nSPS) is 11.3. The maximum absolute atomic E-state index is 2.37. The first-order valence-electron chi connectivity index (χ1n) is 22.1. The molecule has 0 radical (unpaired) electrons. The van der Waals surface area contributed by atoms with Gasteiger partial charge in [-0.25, -0.2) is 0 Å². The number of hydrogen-bond acceptors (Lipinski definition) is 1. The molecular formula is C62H46N2. The van der Waals surface area contributed by atoms with Crippen LogP contribution in [0.5, 0.6) is 0 Å². The lowest BCUT2D eigenvalue weighted by molar-refractivity contribution is 1.18. The molecule has 0 bridgehead atoms. The van der Waals surface area contributed by atoms with Gasteiger partial charge in [0.25, 0.3) is 0 Å². The van der Waals surface area contributed by atoms with Gasteiger partial charge in [0, 0.05) is 33.5 Å². The minimum absolute atomic E-state index is 1.10. The summed E-state index contributed by atoms with van der Waals surface area (Å²) < 4.78 is 2.37. The first kappa shape index (κ1) is 38.7. The molecule has 11 aromatic rings. The van der Waals surface area contributed by atoms with Gasteiger partial charge in [0.2, 0.25) is 0 Å². The molecular weight excluding hydrogens is 773 g/mol. The number of benzene rings is 10. The molecule has 2 nitrogen and oxygen atoms in total. The fourth-order valence-electron chi connectivity index (χ4n) is 9.34. The molecule has 0 spiro atoms. The summed E-state index contributed by atoms with van der Waals surface area (Å²) in [6.45, 7) is 4.32. The highest BCUT2D eigenvalue weighted by Crippen LogP contribution is 2.39. The molecule has 2 heteroatoms. The van der Waals surface area contributed by atoms with E-state index in [2.05, 4.69) is 266 Å². The van der Waals surface area contributed by atoms with Crippen molar-refractivity contribution in [3.63, 3.8) is 0 Å². The number of aryl methyl sites for hydroxylation is 2. The van der Waals surface area contributed by atoms with Crippen LogP contribution in [0.3, 0.4) is 0 Å². The lowest BCUT2D eigenvalue weighted by Gasteiger charge is -2.26. The van der Waals surface area contributed by atoms with E-state index in [1.54, 1.807) is 0 Å². The average molecular weight is 819 g/mol. The summed E-state index contributed by atoms with van der Waals surface area (Å²) in [5, 5.41) is 2.54. The Bertz CT molecular complexity index is 3310. The van der Waals surface area contributed by atoms with E-state index >= 15 is 0 Å². The Morgan fingerprint density at radius 3 is 0.953 bits per heavy atom. The Labute approximate surface area is 375 Å². The van der Waals surface area contributed by atoms with Gasteiger partial charge in [-0.2, -0.15) is 0 Å². The SMILES string of the molecule is Cc1cc(C)cc(-c2ccc(-c3ccc(-c4ccc(N(c5ccc(-c6ccccc6)cc5)c5ccc(-c6ccc(-n7c8ccccc8c8ccccc87)cc6)cc5)cc4)cc3)cc2)c1. The maximum atomic E-state index is 2.37. The van der Waals surface area contributed by atoms with Crippen molar-refractivity contribution in [1.29, 1.82) is 0 Å². The summed E-state index contributed by atoms with van der Waals surface area (Å²) in [7, 11) is 0. The predicted octanol–water partition coefficient (Wildman–Crippen LogP) is 17.2. The molecule has 0 aliphatic carbocycles. The average Bonchev–Trinajstić information content (AvgIpc) is 3.69. The van der Waals surface area contributed by atoms with E-state index in [4.69, 9.17) is 0 Å². The first-order chi connectivity index (χ1) is 31.5. The van der Waals surface area contributed by atoms with Gasteiger partial charge in [0.05, 0.1) is 11.0 Å². The second kappa shape index (κ2) is 16.6. The molecule has 10 aromatic carbocycles. The van der Waals surface area contributed by atoms with Crippen molar-refractivity contribution in [2.75, 3.05) is 4.90 Å². The molecule has 0 saturated heterocycles. The predicted molar refractivity (Wildman–Crippen MR) is 272 cm³/mol. The van der Waals surface area contributed by atoms with Gasteiger partial charge >= 0.3 is 0 Å². The Morgan fingerprint density at radius 1 is 0.266 bits per heavy atom. The summed E-state index contributed by atoms with van der Waals surface area (Å²) in [5.74, 6) is 0. The van der Waals surface area contributed by atoms with E-state index in [0.29, 0.717) is 0 Å². The van der Waals surface area contributed by atoms with Crippen molar-refractivity contribution in [1.82, 2.24) is 4.57 Å². The standard InChI is InChI=1S/C62H46N2/c1-43-40-44(2)42-54(41-43)53-22-20-47(21-23-53)46-16-18-48(19-17-46)50-26-34-56(35-27-50)63(55-32-24-49(25-33-55)45-10-4-3-5-11-45)57-36-28-51(29-37-57)52-30-38-58(39-31-52)64-61-14-8-6-12-59(61)60-13-7-9-15-62(60)64/h3-42H,1-2H3. The van der Waals surface area contributed by atoms with Crippen LogP contribution < -0.4 is 4.90 Å². The zero-order valence-electron chi connectivity index (χ0n) is 36.0. The smallest absolute Gasteiger partial charge is 0.0541 e. The zero-order valence-corrected chi connectivity index (χ0v) is 36.0. The molecule has 0 fully saturated rings. The van der Waals surface area contributed by atoms with Crippen LogP contribution in [-0.2, 0) is 0 Å². The summed E-state index contributed by atoms with van der Waals surface area (Å²) in [6.07, 6.45) is 0. The summed E-state index contributed by atoms with van der Waals surface area (Å²) in [4.78, 5) is 2.35. The van der Waals surface area contributed by atoms with Gasteiger partial charge in [-0.3, -0.25) is 0 Å². The molecule has 0 amide bonds. The number of hydrogen-bond donors (Lipinski definition) is 0. The van der Waals surface area contributed by atoms with Crippen LogP contribution in [0, 0.1) is 13.8 Å². The summed E-state index contributed by atoms with van der Waals surface area (Å²) in [5.41, 5.74) is 21.5. The highest BCUT2D eigenvalue weighted by atomic mass is 15.1. The Hall–Kier alpha value is -8.20. The topological polar surface area (TPSA) is 8.17 Å². The van der Waals surface area contributed by atoms with E-state index < -0.39 is 0 Å². The minimum Gasteiger partial charge on any atom is -0.311 e. The van der Waals surface area contributed by atoms with Gasteiger partial charge in [-0.15, -0.1) is 0 Å². The molecule has 0 unspecified atom stereocenters. The van der Waals surface area contributed by atoms with Gasteiger partial charge in [-0.1, -0.05) is 193 Å². The fraction of sp³-hybridized carbons (Fsp3) is 0.0323. The van der Waals surface area contributed by atoms with E-state index in [-0.39, 0.29) is 0 Å². The summed E-state index contributed by atoms with van der Waals surface area (Å²) >= 11 is 0. The van der Waals surface area contributed by atoms with Crippen molar-refractivity contribution < 1.29 is 0 Å². The third-order valence-corrected chi connectivity index (χ3v) is 12.5. The third-order valence-electron chi connectivity index (χ3n) is 12.5. The molecule has 64 heavy (non-hydrogen) atoms. The van der Waals surface area contributed by atoms with Gasteiger partial charge in [0.1, 0.15) is 0 Å². The number of aromatic nitrogens is 1. The van der Waals surface area contributed by atoms with Crippen LogP contribution >= 0.6 is 0 Å². The van der Waals surface area contributed by atoms with Crippen LogP contribution in [0.4, 0.5) is 17.1 Å². The number of para-hydroxylation sites is 2. The Kier molecular flexibility index (Phi) is 10.0. The molecule has 11 rings (SSSR count). The molecule has 304 valence electrons. The van der Waals surface area contributed by atoms with Gasteiger partial charge in [0.15, 0.2) is 0 Å². The Morgan fingerprint density at radius 2 is 0.562 bits per heavy atom. The van der Waals surface area contributed by atoms with E-state index in [1.165, 1.54) is 88.6 Å². The third kappa shape index (κ3) is 7.46. The maximum Gasteiger partial charge on any atom is 0.0541 e. The fourth-order valence-corrected chi connectivity index (χ4v) is 9.34. The van der Waals surface area contributed by atoms with Crippen molar-refractivity contribution in [3.8, 4) is 61.3 Å². The number of nitrogens with zero attached hydrogens (tertiary/aromatic N) is 2.